The van der Waals surface area contributed by atoms with Gasteiger partial charge in [-0.3, -0.25) is 13.9 Å². The Kier molecular flexibility index (Phi) is 8.84. The lowest BCUT2D eigenvalue weighted by Gasteiger charge is -2.32. The molecule has 7 nitrogen and oxygen atoms in total. The average molecular weight is 526 g/mol. The molecule has 1 saturated carbocycles. The highest BCUT2D eigenvalue weighted by atomic mass is 35.5. The minimum Gasteiger partial charge on any atom is -0.352 e. The molecule has 184 valence electrons. The first kappa shape index (κ1) is 26.3. The number of hydrogen-bond donors (Lipinski definition) is 1. The van der Waals surface area contributed by atoms with E-state index in [1.54, 1.807) is 49.4 Å². The second-order valence-electron chi connectivity index (χ2n) is 8.50. The topological polar surface area (TPSA) is 86.8 Å². The van der Waals surface area contributed by atoms with Crippen LogP contribution in [0.4, 0.5) is 5.69 Å². The summed E-state index contributed by atoms with van der Waals surface area (Å²) in [5, 5.41) is 3.67. The number of nitrogens with one attached hydrogen (secondary N) is 1. The Labute approximate surface area is 211 Å². The summed E-state index contributed by atoms with van der Waals surface area (Å²) < 4.78 is 26.1. The largest absolute Gasteiger partial charge is 0.352 e. The normalized spacial score (nSPS) is 15.1. The molecule has 0 heterocycles. The predicted molar refractivity (Wildman–Crippen MR) is 136 cm³/mol. The van der Waals surface area contributed by atoms with Gasteiger partial charge >= 0.3 is 0 Å². The second kappa shape index (κ2) is 11.4. The van der Waals surface area contributed by atoms with Crippen molar-refractivity contribution in [3.63, 3.8) is 0 Å². The molecule has 0 saturated heterocycles. The number of carbonyl (C=O) groups excluding carboxylic acids is 2. The highest BCUT2D eigenvalue weighted by Gasteiger charge is 2.32. The fourth-order valence-corrected chi connectivity index (χ4v) is 5.38. The quantitative estimate of drug-likeness (QED) is 0.530. The number of nitrogens with zero attached hydrogens (tertiary/aromatic N) is 2. The van der Waals surface area contributed by atoms with Gasteiger partial charge in [-0.25, -0.2) is 8.42 Å². The minimum absolute atomic E-state index is 0.0535. The molecule has 1 fully saturated rings. The number of hydrogen-bond acceptors (Lipinski definition) is 4. The zero-order valence-electron chi connectivity index (χ0n) is 19.2. The molecule has 0 bridgehead atoms. The van der Waals surface area contributed by atoms with E-state index in [2.05, 4.69) is 5.32 Å². The van der Waals surface area contributed by atoms with Crippen molar-refractivity contribution in [2.45, 2.75) is 51.2 Å². The average Bonchev–Trinajstić information content (AvgIpc) is 3.29. The van der Waals surface area contributed by atoms with Gasteiger partial charge in [0.15, 0.2) is 0 Å². The van der Waals surface area contributed by atoms with Crippen molar-refractivity contribution in [1.82, 2.24) is 10.2 Å². The van der Waals surface area contributed by atoms with Crippen molar-refractivity contribution in [3.05, 3.63) is 64.1 Å². The summed E-state index contributed by atoms with van der Waals surface area (Å²) in [6, 6.07) is 12.7. The molecule has 0 aromatic heterocycles. The number of carbonyl (C=O) groups is 2. The molecule has 0 unspecified atom stereocenters. The first-order chi connectivity index (χ1) is 16.1. The van der Waals surface area contributed by atoms with Crippen LogP contribution in [-0.4, -0.2) is 50.0 Å². The maximum atomic E-state index is 13.5. The van der Waals surface area contributed by atoms with E-state index in [-0.39, 0.29) is 29.2 Å². The van der Waals surface area contributed by atoms with Crippen LogP contribution < -0.4 is 9.62 Å². The zero-order chi connectivity index (χ0) is 24.9. The molecule has 34 heavy (non-hydrogen) atoms. The molecule has 1 atom stereocenters. The van der Waals surface area contributed by atoms with Crippen molar-refractivity contribution in [3.8, 4) is 0 Å². The van der Waals surface area contributed by atoms with E-state index in [1.807, 2.05) is 0 Å². The lowest BCUT2D eigenvalue weighted by atomic mass is 10.1. The summed E-state index contributed by atoms with van der Waals surface area (Å²) in [6.07, 6.45) is 4.94. The number of anilines is 1. The molecule has 3 rings (SSSR count). The van der Waals surface area contributed by atoms with Crippen molar-refractivity contribution in [2.24, 2.45) is 0 Å². The maximum absolute atomic E-state index is 13.5. The third kappa shape index (κ3) is 6.64. The lowest BCUT2D eigenvalue weighted by Crippen LogP contribution is -2.52. The van der Waals surface area contributed by atoms with Crippen molar-refractivity contribution in [1.29, 1.82) is 0 Å². The first-order valence-corrected chi connectivity index (χ1v) is 13.7. The molecule has 2 amide bonds. The summed E-state index contributed by atoms with van der Waals surface area (Å²) in [4.78, 5) is 27.9. The van der Waals surface area contributed by atoms with Crippen LogP contribution in [0.25, 0.3) is 0 Å². The Hall–Kier alpha value is -2.29. The van der Waals surface area contributed by atoms with E-state index < -0.39 is 28.5 Å². The highest BCUT2D eigenvalue weighted by molar-refractivity contribution is 7.92. The molecule has 1 N–H and O–H groups in total. The fraction of sp³-hybridized carbons (Fsp3) is 0.417. The number of amides is 2. The van der Waals surface area contributed by atoms with Gasteiger partial charge < -0.3 is 10.2 Å². The molecular weight excluding hydrogens is 497 g/mol. The monoisotopic (exact) mass is 525 g/mol. The summed E-state index contributed by atoms with van der Waals surface area (Å²) in [7, 11) is -3.84. The van der Waals surface area contributed by atoms with E-state index in [9.17, 15) is 18.0 Å². The van der Waals surface area contributed by atoms with Crippen molar-refractivity contribution >= 4 is 50.7 Å². The van der Waals surface area contributed by atoms with Crippen LogP contribution >= 0.6 is 23.2 Å². The molecule has 10 heteroatoms. The number of rotatable bonds is 9. The lowest BCUT2D eigenvalue weighted by molar-refractivity contribution is -0.139. The molecule has 1 aliphatic rings. The third-order valence-corrected chi connectivity index (χ3v) is 7.78. The van der Waals surface area contributed by atoms with Gasteiger partial charge in [0, 0.05) is 17.6 Å². The Morgan fingerprint density at radius 1 is 1.03 bits per heavy atom. The molecule has 0 aliphatic heterocycles. The van der Waals surface area contributed by atoms with Crippen LogP contribution in [0, 0.1) is 0 Å². The number of benzene rings is 2. The van der Waals surface area contributed by atoms with Crippen LogP contribution in [0.15, 0.2) is 48.5 Å². The fourth-order valence-electron chi connectivity index (χ4n) is 4.03. The zero-order valence-corrected chi connectivity index (χ0v) is 21.5. The van der Waals surface area contributed by atoms with Crippen LogP contribution in [-0.2, 0) is 26.2 Å². The molecule has 2 aromatic rings. The summed E-state index contributed by atoms with van der Waals surface area (Å²) in [5.41, 5.74) is 0.849. The smallest absolute Gasteiger partial charge is 0.244 e. The number of sulfonamides is 1. The van der Waals surface area contributed by atoms with E-state index in [0.29, 0.717) is 10.6 Å². The van der Waals surface area contributed by atoms with Gasteiger partial charge in [-0.2, -0.15) is 0 Å². The number of halogens is 2. The van der Waals surface area contributed by atoms with E-state index in [0.717, 1.165) is 36.2 Å². The Morgan fingerprint density at radius 3 is 2.21 bits per heavy atom. The Morgan fingerprint density at radius 2 is 1.62 bits per heavy atom. The summed E-state index contributed by atoms with van der Waals surface area (Å²) >= 11 is 12.6. The van der Waals surface area contributed by atoms with E-state index >= 15 is 0 Å². The van der Waals surface area contributed by atoms with Gasteiger partial charge in [0.1, 0.15) is 12.6 Å². The van der Waals surface area contributed by atoms with Gasteiger partial charge in [-0.15, -0.1) is 0 Å². The molecular formula is C24H29Cl2N3O4S. The second-order valence-corrected chi connectivity index (χ2v) is 11.2. The molecule has 2 aromatic carbocycles. The number of para-hydroxylation sites is 1. The van der Waals surface area contributed by atoms with Gasteiger partial charge in [0.25, 0.3) is 0 Å². The highest BCUT2D eigenvalue weighted by Crippen LogP contribution is 2.28. The van der Waals surface area contributed by atoms with Crippen molar-refractivity contribution in [2.75, 3.05) is 17.1 Å². The molecule has 0 radical (unpaired) electrons. The standard InChI is InChI=1S/C24H29Cl2N3O4S/c1-17(24(31)27-19-10-4-5-11-19)28(15-18-9-3-6-12-20(18)25)23(30)16-29(34(2,32)33)22-14-8-7-13-21(22)26/h3,6-9,12-14,17,19H,4-5,10-11,15-16H2,1-2H3,(H,27,31)/t17-/m0/s1. The summed E-state index contributed by atoms with van der Waals surface area (Å²) in [5.74, 6) is -0.824. The van der Waals surface area contributed by atoms with Crippen LogP contribution in [0.5, 0.6) is 0 Å². The van der Waals surface area contributed by atoms with E-state index in [4.69, 9.17) is 23.2 Å². The van der Waals surface area contributed by atoms with Crippen LogP contribution in [0.3, 0.4) is 0 Å². The third-order valence-electron chi connectivity index (χ3n) is 5.97. The Balaban J connectivity index is 1.90. The predicted octanol–water partition coefficient (Wildman–Crippen LogP) is 4.24. The molecule has 0 spiro atoms. The summed E-state index contributed by atoms with van der Waals surface area (Å²) in [6.45, 7) is 1.19. The minimum atomic E-state index is -3.84. The molecule has 1 aliphatic carbocycles. The van der Waals surface area contributed by atoms with Crippen LogP contribution in [0.1, 0.15) is 38.2 Å². The van der Waals surface area contributed by atoms with Gasteiger partial charge in [0.2, 0.25) is 21.8 Å². The van der Waals surface area contributed by atoms with Gasteiger partial charge in [0.05, 0.1) is 17.0 Å². The Bertz CT molecular complexity index is 1140. The maximum Gasteiger partial charge on any atom is 0.244 e. The first-order valence-electron chi connectivity index (χ1n) is 11.1. The van der Waals surface area contributed by atoms with E-state index in [1.165, 1.54) is 11.0 Å². The SMILES string of the molecule is C[C@@H](C(=O)NC1CCCC1)N(Cc1ccccc1Cl)C(=O)CN(c1ccccc1Cl)S(C)(=O)=O. The van der Waals surface area contributed by atoms with Gasteiger partial charge in [-0.05, 0) is 43.5 Å². The van der Waals surface area contributed by atoms with Gasteiger partial charge in [-0.1, -0.05) is 66.4 Å². The van der Waals surface area contributed by atoms with Crippen LogP contribution in [0.2, 0.25) is 10.0 Å². The van der Waals surface area contributed by atoms with Crippen molar-refractivity contribution < 1.29 is 18.0 Å².